The van der Waals surface area contributed by atoms with Crippen molar-refractivity contribution < 1.29 is 4.79 Å². The molecule has 0 spiro atoms. The molecule has 112 valence electrons. The molecule has 1 aliphatic heterocycles. The van der Waals surface area contributed by atoms with Crippen LogP contribution in [-0.2, 0) is 4.79 Å². The first-order chi connectivity index (χ1) is 9.19. The van der Waals surface area contributed by atoms with Crippen molar-refractivity contribution in [2.24, 2.45) is 5.92 Å². The summed E-state index contributed by atoms with van der Waals surface area (Å²) in [6, 6.07) is 7.30. The van der Waals surface area contributed by atoms with Gasteiger partial charge in [-0.2, -0.15) is 0 Å². The molecule has 1 aromatic rings. The first-order valence-corrected chi connectivity index (χ1v) is 6.98. The summed E-state index contributed by atoms with van der Waals surface area (Å²) in [4.78, 5) is 14.1. The Kier molecular flexibility index (Phi) is 7.30. The van der Waals surface area contributed by atoms with E-state index in [0.717, 1.165) is 26.1 Å². The maximum atomic E-state index is 12.0. The lowest BCUT2D eigenvalue weighted by atomic mass is 10.1. The first-order valence-electron chi connectivity index (χ1n) is 6.60. The molecule has 0 bridgehead atoms. The van der Waals surface area contributed by atoms with E-state index in [2.05, 4.69) is 15.5 Å². The normalized spacial score (nSPS) is 18.6. The van der Waals surface area contributed by atoms with Crippen LogP contribution in [0.3, 0.4) is 0 Å². The van der Waals surface area contributed by atoms with E-state index in [4.69, 9.17) is 11.6 Å². The molecule has 4 nitrogen and oxygen atoms in total. The summed E-state index contributed by atoms with van der Waals surface area (Å²) in [5, 5.41) is 6.62. The van der Waals surface area contributed by atoms with Crippen molar-refractivity contribution in [1.29, 1.82) is 0 Å². The van der Waals surface area contributed by atoms with Crippen molar-refractivity contribution >= 4 is 35.6 Å². The second-order valence-electron chi connectivity index (χ2n) is 4.98. The highest BCUT2D eigenvalue weighted by molar-refractivity contribution is 6.33. The standard InChI is InChI=1S/C14H20ClN3O.ClH/c1-16-8-11-6-7-18(9-11)10-14(19)17-13-5-3-2-4-12(13)15;/h2-5,11,16H,6-10H2,1H3,(H,17,19);1H. The van der Waals surface area contributed by atoms with Gasteiger partial charge in [-0.3, -0.25) is 9.69 Å². The minimum absolute atomic E-state index is 0. The number of carbonyl (C=O) groups is 1. The number of carbonyl (C=O) groups excluding carboxylic acids is 1. The summed E-state index contributed by atoms with van der Waals surface area (Å²) < 4.78 is 0. The maximum absolute atomic E-state index is 12.0. The van der Waals surface area contributed by atoms with Crippen LogP contribution in [0.1, 0.15) is 6.42 Å². The molecule has 1 amide bonds. The fourth-order valence-electron chi connectivity index (χ4n) is 2.47. The van der Waals surface area contributed by atoms with Gasteiger partial charge >= 0.3 is 0 Å². The average Bonchev–Trinajstić information content (AvgIpc) is 2.80. The molecule has 20 heavy (non-hydrogen) atoms. The lowest BCUT2D eigenvalue weighted by Gasteiger charge is -2.16. The number of nitrogens with one attached hydrogen (secondary N) is 2. The molecular formula is C14H21Cl2N3O. The van der Waals surface area contributed by atoms with Gasteiger partial charge in [0.2, 0.25) is 5.91 Å². The topological polar surface area (TPSA) is 44.4 Å². The van der Waals surface area contributed by atoms with Crippen LogP contribution in [-0.4, -0.2) is 44.0 Å². The van der Waals surface area contributed by atoms with Gasteiger partial charge in [0, 0.05) is 6.54 Å². The molecule has 1 fully saturated rings. The summed E-state index contributed by atoms with van der Waals surface area (Å²) in [5.74, 6) is 0.649. The number of nitrogens with zero attached hydrogens (tertiary/aromatic N) is 1. The predicted octanol–water partition coefficient (Wildman–Crippen LogP) is 2.24. The van der Waals surface area contributed by atoms with Gasteiger partial charge in [0.1, 0.15) is 0 Å². The molecule has 1 atom stereocenters. The second kappa shape index (κ2) is 8.47. The Balaban J connectivity index is 0.00000200. The Bertz CT molecular complexity index is 442. The van der Waals surface area contributed by atoms with Crippen molar-refractivity contribution in [3.05, 3.63) is 29.3 Å². The van der Waals surface area contributed by atoms with E-state index >= 15 is 0 Å². The Morgan fingerprint density at radius 3 is 2.90 bits per heavy atom. The highest BCUT2D eigenvalue weighted by Crippen LogP contribution is 2.20. The van der Waals surface area contributed by atoms with E-state index in [1.54, 1.807) is 6.07 Å². The molecule has 6 heteroatoms. The van der Waals surface area contributed by atoms with Gasteiger partial charge in [-0.15, -0.1) is 12.4 Å². The fourth-order valence-corrected chi connectivity index (χ4v) is 2.65. The van der Waals surface area contributed by atoms with E-state index in [9.17, 15) is 4.79 Å². The van der Waals surface area contributed by atoms with Crippen LogP contribution in [0.2, 0.25) is 5.02 Å². The Labute approximate surface area is 131 Å². The summed E-state index contributed by atoms with van der Waals surface area (Å²) >= 11 is 6.01. The quantitative estimate of drug-likeness (QED) is 0.875. The number of rotatable bonds is 5. The highest BCUT2D eigenvalue weighted by Gasteiger charge is 2.23. The third-order valence-corrected chi connectivity index (χ3v) is 3.71. The van der Waals surface area contributed by atoms with E-state index < -0.39 is 0 Å². The lowest BCUT2D eigenvalue weighted by Crippen LogP contribution is -2.32. The molecule has 1 unspecified atom stereocenters. The summed E-state index contributed by atoms with van der Waals surface area (Å²) in [6.07, 6.45) is 1.15. The molecule has 1 aliphatic rings. The minimum atomic E-state index is -0.00166. The molecule has 1 aromatic carbocycles. The van der Waals surface area contributed by atoms with E-state index in [0.29, 0.717) is 23.2 Å². The zero-order valence-corrected chi connectivity index (χ0v) is 13.1. The number of likely N-dealkylation sites (tertiary alicyclic amines) is 1. The van der Waals surface area contributed by atoms with E-state index in [-0.39, 0.29) is 18.3 Å². The zero-order valence-electron chi connectivity index (χ0n) is 11.6. The van der Waals surface area contributed by atoms with Gasteiger partial charge in [0.15, 0.2) is 0 Å². The lowest BCUT2D eigenvalue weighted by molar-refractivity contribution is -0.117. The Morgan fingerprint density at radius 2 is 2.20 bits per heavy atom. The molecule has 0 radical (unpaired) electrons. The van der Waals surface area contributed by atoms with Crippen molar-refractivity contribution in [3.8, 4) is 0 Å². The Morgan fingerprint density at radius 1 is 1.45 bits per heavy atom. The fraction of sp³-hybridized carbons (Fsp3) is 0.500. The number of hydrogen-bond donors (Lipinski definition) is 2. The van der Waals surface area contributed by atoms with E-state index in [1.165, 1.54) is 0 Å². The molecule has 1 heterocycles. The number of amides is 1. The van der Waals surface area contributed by atoms with Gasteiger partial charge in [-0.05, 0) is 44.6 Å². The maximum Gasteiger partial charge on any atom is 0.238 e. The van der Waals surface area contributed by atoms with Crippen molar-refractivity contribution in [2.45, 2.75) is 6.42 Å². The summed E-state index contributed by atoms with van der Waals surface area (Å²) in [6.45, 7) is 3.42. The van der Waals surface area contributed by atoms with Crippen LogP contribution in [0, 0.1) is 5.92 Å². The smallest absolute Gasteiger partial charge is 0.238 e. The van der Waals surface area contributed by atoms with Crippen LogP contribution < -0.4 is 10.6 Å². The number of para-hydroxylation sites is 1. The number of benzene rings is 1. The molecule has 0 saturated carbocycles. The molecule has 0 aromatic heterocycles. The first kappa shape index (κ1) is 17.2. The van der Waals surface area contributed by atoms with Crippen molar-refractivity contribution in [3.63, 3.8) is 0 Å². The van der Waals surface area contributed by atoms with E-state index in [1.807, 2.05) is 25.2 Å². The monoisotopic (exact) mass is 317 g/mol. The third kappa shape index (κ3) is 4.94. The number of hydrogen-bond acceptors (Lipinski definition) is 3. The summed E-state index contributed by atoms with van der Waals surface area (Å²) in [5.41, 5.74) is 0.681. The number of anilines is 1. The Hall–Kier alpha value is -0.810. The predicted molar refractivity (Wildman–Crippen MR) is 85.8 cm³/mol. The minimum Gasteiger partial charge on any atom is -0.324 e. The molecular weight excluding hydrogens is 297 g/mol. The van der Waals surface area contributed by atoms with Crippen LogP contribution in [0.25, 0.3) is 0 Å². The van der Waals surface area contributed by atoms with Crippen LogP contribution >= 0.6 is 24.0 Å². The molecule has 1 saturated heterocycles. The van der Waals surface area contributed by atoms with Crippen LogP contribution in [0.4, 0.5) is 5.69 Å². The molecule has 2 rings (SSSR count). The molecule has 0 aliphatic carbocycles. The zero-order chi connectivity index (χ0) is 13.7. The van der Waals surface area contributed by atoms with Gasteiger partial charge < -0.3 is 10.6 Å². The van der Waals surface area contributed by atoms with Crippen LogP contribution in [0.15, 0.2) is 24.3 Å². The van der Waals surface area contributed by atoms with Crippen LogP contribution in [0.5, 0.6) is 0 Å². The van der Waals surface area contributed by atoms with Gasteiger partial charge in [-0.1, -0.05) is 23.7 Å². The van der Waals surface area contributed by atoms with Gasteiger partial charge in [-0.25, -0.2) is 0 Å². The second-order valence-corrected chi connectivity index (χ2v) is 5.38. The molecule has 2 N–H and O–H groups in total. The SMILES string of the molecule is CNCC1CCN(CC(=O)Nc2ccccc2Cl)C1.Cl. The van der Waals surface area contributed by atoms with Gasteiger partial charge in [0.25, 0.3) is 0 Å². The highest BCUT2D eigenvalue weighted by atomic mass is 35.5. The average molecular weight is 318 g/mol. The summed E-state index contributed by atoms with van der Waals surface area (Å²) in [7, 11) is 1.97. The number of halogens is 2. The largest absolute Gasteiger partial charge is 0.324 e. The third-order valence-electron chi connectivity index (χ3n) is 3.38. The van der Waals surface area contributed by atoms with Gasteiger partial charge in [0.05, 0.1) is 17.3 Å². The van der Waals surface area contributed by atoms with Crippen molar-refractivity contribution in [2.75, 3.05) is 38.5 Å². The van der Waals surface area contributed by atoms with Crippen molar-refractivity contribution in [1.82, 2.24) is 10.2 Å².